The second kappa shape index (κ2) is 21.0. The van der Waals surface area contributed by atoms with Gasteiger partial charge in [-0.1, -0.05) is 72.8 Å². The smallest absolute Gasteiger partial charge is 0.119 e. The molecular weight excluding hydrogens is 825 g/mol. The molecule has 0 unspecified atom stereocenters. The number of nitrogens with zero attached hydrogens (tertiary/aromatic N) is 4. The van der Waals surface area contributed by atoms with Crippen LogP contribution in [-0.2, 0) is 44.6 Å². The molecule has 66 heavy (non-hydrogen) atoms. The molecule has 0 atom stereocenters. The average Bonchev–Trinajstić information content (AvgIpc) is 3.37. The van der Waals surface area contributed by atoms with E-state index in [2.05, 4.69) is 97.1 Å². The van der Waals surface area contributed by atoms with Crippen molar-refractivity contribution >= 4 is 43.6 Å². The highest BCUT2D eigenvalue weighted by Crippen LogP contribution is 2.34. The van der Waals surface area contributed by atoms with Gasteiger partial charge < -0.3 is 28.4 Å². The van der Waals surface area contributed by atoms with E-state index in [-0.39, 0.29) is 0 Å². The third kappa shape index (κ3) is 10.3. The summed E-state index contributed by atoms with van der Waals surface area (Å²) in [5.74, 6) is 1.58. The van der Waals surface area contributed by atoms with Gasteiger partial charge in [0.05, 0.1) is 74.9 Å². The van der Waals surface area contributed by atoms with Crippen LogP contribution in [0.3, 0.4) is 0 Å². The summed E-state index contributed by atoms with van der Waals surface area (Å²) in [5.41, 5.74) is 13.1. The zero-order valence-electron chi connectivity index (χ0n) is 37.0. The molecule has 332 valence electrons. The van der Waals surface area contributed by atoms with Crippen LogP contribution in [0.1, 0.15) is 22.3 Å². The molecule has 4 aromatic heterocycles. The molecule has 10 heteroatoms. The van der Waals surface area contributed by atoms with Gasteiger partial charge in [-0.05, 0) is 119 Å². The number of benzene rings is 5. The van der Waals surface area contributed by atoms with Gasteiger partial charge in [-0.25, -0.2) is 0 Å². The standard InChI is InChI=1S/C56H52N4O6/c1-2-40-4-3-39(1)5-7-41-35-45-13-19-51-49(21-23-57-55(51)53(45)59-37-41)43-9-15-47(16-10-43)65-33-31-63-29-27-61-25-26-62-28-30-64-32-34-66-48-17-11-44(12-18-48)50-22-24-58-56-52(50)20-14-46-36-42(8-6-40)38-60-54(46)56/h1-4,9-24,35-38H,5-8,25-34H2. The Hall–Kier alpha value is -6.82. The zero-order valence-corrected chi connectivity index (χ0v) is 37.0. The molecule has 18 rings (SSSR count). The quantitative estimate of drug-likeness (QED) is 0.137. The number of rotatable bonds is 0. The molecule has 0 aliphatic carbocycles. The molecule has 0 N–H and O–H groups in total. The Morgan fingerprint density at radius 2 is 0.697 bits per heavy atom. The Balaban J connectivity index is 0.820. The SMILES string of the molecule is c1cc2c3ccc4cc(cnc4c3n1)CCc1ccc(cc1)CCc1cnc3c(ccc4c(ccnc43)-c3ccc(cc3)OCCOCCOCCOCCOCCOc3ccc-2cc3)c1. The topological polar surface area (TPSA) is 107 Å². The number of fused-ring (bicyclic) bond motifs is 3. The molecule has 5 aromatic carbocycles. The monoisotopic (exact) mass is 876 g/mol. The molecule has 13 heterocycles. The minimum atomic E-state index is 0.449. The van der Waals surface area contributed by atoms with Gasteiger partial charge >= 0.3 is 0 Å². The van der Waals surface area contributed by atoms with Crippen LogP contribution in [0, 0.1) is 0 Å². The largest absolute Gasteiger partial charge is 0.491 e. The minimum absolute atomic E-state index is 0.449. The Morgan fingerprint density at radius 3 is 1.11 bits per heavy atom. The van der Waals surface area contributed by atoms with Gasteiger partial charge in [0, 0.05) is 46.3 Å². The summed E-state index contributed by atoms with van der Waals surface area (Å²) in [5, 5.41) is 4.33. The first-order valence-corrected chi connectivity index (χ1v) is 22.9. The number of hydrogen-bond acceptors (Lipinski definition) is 10. The summed E-state index contributed by atoms with van der Waals surface area (Å²) in [6, 6.07) is 42.7. The van der Waals surface area contributed by atoms with E-state index in [0.717, 1.165) is 103 Å². The van der Waals surface area contributed by atoms with Crippen LogP contribution in [0.25, 0.3) is 65.9 Å². The third-order valence-electron chi connectivity index (χ3n) is 12.1. The molecule has 18 bridgehead atoms. The first-order valence-electron chi connectivity index (χ1n) is 22.9. The van der Waals surface area contributed by atoms with E-state index in [4.69, 9.17) is 48.4 Å². The van der Waals surface area contributed by atoms with Gasteiger partial charge in [0.2, 0.25) is 0 Å². The molecule has 0 saturated carbocycles. The molecule has 0 spiro atoms. The fourth-order valence-corrected chi connectivity index (χ4v) is 8.60. The van der Waals surface area contributed by atoms with Gasteiger partial charge in [0.1, 0.15) is 24.7 Å². The van der Waals surface area contributed by atoms with Gasteiger partial charge in [0.15, 0.2) is 0 Å². The van der Waals surface area contributed by atoms with Gasteiger partial charge in [-0.15, -0.1) is 0 Å². The third-order valence-corrected chi connectivity index (χ3v) is 12.1. The first kappa shape index (κ1) is 43.1. The van der Waals surface area contributed by atoms with Crippen LogP contribution in [0.5, 0.6) is 11.5 Å². The Labute approximate surface area is 384 Å². The molecule has 0 saturated heterocycles. The summed E-state index contributed by atoms with van der Waals surface area (Å²) >= 11 is 0. The van der Waals surface area contributed by atoms with Crippen LogP contribution in [0.4, 0.5) is 0 Å². The van der Waals surface area contributed by atoms with Crippen molar-refractivity contribution in [2.24, 2.45) is 0 Å². The summed E-state index contributed by atoms with van der Waals surface area (Å²) in [6.07, 6.45) is 11.4. The van der Waals surface area contributed by atoms with E-state index < -0.39 is 0 Å². The highest BCUT2D eigenvalue weighted by Gasteiger charge is 2.13. The first-order chi connectivity index (χ1) is 32.7. The lowest BCUT2D eigenvalue weighted by Gasteiger charge is -2.11. The van der Waals surface area contributed by atoms with Crippen LogP contribution < -0.4 is 9.47 Å². The van der Waals surface area contributed by atoms with E-state index in [1.165, 1.54) is 22.3 Å². The number of hydrogen-bond donors (Lipinski definition) is 0. The van der Waals surface area contributed by atoms with E-state index in [1.807, 2.05) is 49.1 Å². The molecule has 0 fully saturated rings. The van der Waals surface area contributed by atoms with Crippen LogP contribution >= 0.6 is 0 Å². The lowest BCUT2D eigenvalue weighted by atomic mass is 9.98. The molecule has 0 radical (unpaired) electrons. The van der Waals surface area contributed by atoms with Crippen molar-refractivity contribution in [1.29, 1.82) is 0 Å². The second-order valence-corrected chi connectivity index (χ2v) is 16.5. The zero-order chi connectivity index (χ0) is 44.3. The van der Waals surface area contributed by atoms with Crippen molar-refractivity contribution in [3.63, 3.8) is 0 Å². The predicted molar refractivity (Wildman–Crippen MR) is 260 cm³/mol. The maximum absolute atomic E-state index is 5.96. The van der Waals surface area contributed by atoms with Crippen molar-refractivity contribution in [2.75, 3.05) is 66.1 Å². The maximum Gasteiger partial charge on any atom is 0.119 e. The summed E-state index contributed by atoms with van der Waals surface area (Å²) in [6.45, 7) is 4.77. The fraction of sp³-hybridized carbons (Fsp3) is 0.250. The number of ether oxygens (including phenoxy) is 6. The molecule has 9 aromatic rings. The fourth-order valence-electron chi connectivity index (χ4n) is 8.60. The molecular formula is C56H52N4O6. The number of pyridine rings is 4. The lowest BCUT2D eigenvalue weighted by Crippen LogP contribution is -2.14. The number of aromatic nitrogens is 4. The van der Waals surface area contributed by atoms with Gasteiger partial charge in [-0.2, -0.15) is 0 Å². The van der Waals surface area contributed by atoms with E-state index in [9.17, 15) is 0 Å². The van der Waals surface area contributed by atoms with Crippen LogP contribution in [0.15, 0.2) is 146 Å². The Kier molecular flexibility index (Phi) is 13.7. The maximum atomic E-state index is 5.96. The number of aryl methyl sites for hydroxylation is 4. The van der Waals surface area contributed by atoms with Crippen molar-refractivity contribution in [2.45, 2.75) is 25.7 Å². The Morgan fingerprint density at radius 1 is 0.318 bits per heavy atom. The second-order valence-electron chi connectivity index (χ2n) is 16.5. The van der Waals surface area contributed by atoms with Gasteiger partial charge in [-0.3, -0.25) is 19.9 Å². The normalized spacial score (nSPS) is 15.3. The predicted octanol–water partition coefficient (Wildman–Crippen LogP) is 10.6. The molecule has 9 aliphatic heterocycles. The molecule has 0 amide bonds. The average molecular weight is 877 g/mol. The highest BCUT2D eigenvalue weighted by molar-refractivity contribution is 6.09. The molecule has 10 nitrogen and oxygen atoms in total. The van der Waals surface area contributed by atoms with Crippen molar-refractivity contribution in [1.82, 2.24) is 19.9 Å². The van der Waals surface area contributed by atoms with Gasteiger partial charge in [0.25, 0.3) is 0 Å². The van der Waals surface area contributed by atoms with E-state index >= 15 is 0 Å². The minimum Gasteiger partial charge on any atom is -0.491 e. The van der Waals surface area contributed by atoms with E-state index in [0.29, 0.717) is 66.1 Å². The van der Waals surface area contributed by atoms with E-state index in [1.54, 1.807) is 0 Å². The highest BCUT2D eigenvalue weighted by atomic mass is 16.6. The lowest BCUT2D eigenvalue weighted by molar-refractivity contribution is -0.00698. The molecule has 9 aliphatic rings. The Bertz CT molecular complexity index is 2840. The van der Waals surface area contributed by atoms with Crippen molar-refractivity contribution in [3.05, 3.63) is 168 Å². The summed E-state index contributed by atoms with van der Waals surface area (Å²) in [7, 11) is 0. The summed E-state index contributed by atoms with van der Waals surface area (Å²) < 4.78 is 34.6. The van der Waals surface area contributed by atoms with Crippen molar-refractivity contribution < 1.29 is 28.4 Å². The summed E-state index contributed by atoms with van der Waals surface area (Å²) in [4.78, 5) is 19.5. The van der Waals surface area contributed by atoms with Crippen molar-refractivity contribution in [3.8, 4) is 33.8 Å². The van der Waals surface area contributed by atoms with Crippen LogP contribution in [-0.4, -0.2) is 86.0 Å². The van der Waals surface area contributed by atoms with Crippen LogP contribution in [0.2, 0.25) is 0 Å².